The first-order valence-electron chi connectivity index (χ1n) is 8.73. The molecular weight excluding hydrogens is 316 g/mol. The molecule has 1 atom stereocenters. The van der Waals surface area contributed by atoms with Gasteiger partial charge in [0.05, 0.1) is 12.3 Å². The second kappa shape index (κ2) is 7.78. The minimum Gasteiger partial charge on any atom is -0.351 e. The Balaban J connectivity index is 2.10. The van der Waals surface area contributed by atoms with Crippen LogP contribution in [0.4, 0.5) is 14.6 Å². The van der Waals surface area contributed by atoms with Gasteiger partial charge in [-0.3, -0.25) is 4.68 Å². The molecule has 1 aliphatic rings. The first kappa shape index (κ1) is 19.1. The molecule has 0 spiro atoms. The number of aliphatic hydroxyl groups excluding tert-OH is 1. The fourth-order valence-corrected chi connectivity index (χ4v) is 2.67. The van der Waals surface area contributed by atoms with Crippen LogP contribution < -0.4 is 5.32 Å². The number of aliphatic hydroxyl groups is 1. The Labute approximate surface area is 142 Å². The predicted molar refractivity (Wildman–Crippen MR) is 89.2 cm³/mol. The number of halogens is 2. The third-order valence-electron chi connectivity index (χ3n) is 4.24. The van der Waals surface area contributed by atoms with Gasteiger partial charge in [-0.05, 0) is 31.1 Å². The van der Waals surface area contributed by atoms with Gasteiger partial charge in [0.2, 0.25) is 12.3 Å². The van der Waals surface area contributed by atoms with Crippen molar-refractivity contribution in [2.24, 2.45) is 13.0 Å². The summed E-state index contributed by atoms with van der Waals surface area (Å²) in [6.07, 6.45) is 0.800. The number of alkyl halides is 2. The maximum absolute atomic E-state index is 13.6. The highest BCUT2D eigenvalue weighted by Gasteiger charge is 2.34. The number of aromatic nitrogens is 2. The van der Waals surface area contributed by atoms with Crippen LogP contribution in [-0.2, 0) is 18.2 Å². The molecule has 1 fully saturated rings. The van der Waals surface area contributed by atoms with Crippen LogP contribution in [0, 0.1) is 5.92 Å². The molecule has 0 aliphatic heterocycles. The quantitative estimate of drug-likeness (QED) is 0.636. The third-order valence-corrected chi connectivity index (χ3v) is 4.24. The number of nitrogens with one attached hydrogen (secondary N) is 1. The molecule has 24 heavy (non-hydrogen) atoms. The first-order chi connectivity index (χ1) is 11.2. The highest BCUT2D eigenvalue weighted by molar-refractivity contribution is 5.52. The van der Waals surface area contributed by atoms with E-state index in [1.165, 1.54) is 6.92 Å². The summed E-state index contributed by atoms with van der Waals surface area (Å²) in [5.41, 5.74) is 1.66. The van der Waals surface area contributed by atoms with Crippen molar-refractivity contribution in [2.75, 3.05) is 11.9 Å². The second-order valence-electron chi connectivity index (χ2n) is 7.04. The van der Waals surface area contributed by atoms with Crippen molar-refractivity contribution < 1.29 is 18.6 Å². The minimum atomic E-state index is -2.66. The molecule has 2 N–H and O–H groups in total. The van der Waals surface area contributed by atoms with E-state index in [0.29, 0.717) is 30.0 Å². The zero-order valence-electron chi connectivity index (χ0n) is 15.0. The zero-order valence-corrected chi connectivity index (χ0v) is 15.0. The highest BCUT2D eigenvalue weighted by Crippen LogP contribution is 2.45. The van der Waals surface area contributed by atoms with Crippen LogP contribution in [0.1, 0.15) is 63.6 Å². The molecule has 138 valence electrons. The smallest absolute Gasteiger partial charge is 0.248 e. The number of hydrogen-bond donors (Lipinski definition) is 2. The maximum Gasteiger partial charge on any atom is 0.248 e. The number of nitrogens with zero attached hydrogens (tertiary/aromatic N) is 2. The van der Waals surface area contributed by atoms with Crippen molar-refractivity contribution in [3.05, 3.63) is 11.3 Å². The molecule has 2 rings (SSSR count). The average Bonchev–Trinajstić information content (AvgIpc) is 3.30. The van der Waals surface area contributed by atoms with Gasteiger partial charge >= 0.3 is 0 Å². The third kappa shape index (κ3) is 5.14. The summed E-state index contributed by atoms with van der Waals surface area (Å²) in [5.74, 6) is -1.35. The molecule has 1 aromatic rings. The normalized spacial score (nSPS) is 16.7. The lowest BCUT2D eigenvalue weighted by Gasteiger charge is -2.17. The Hall–Kier alpha value is -1.21. The van der Waals surface area contributed by atoms with Crippen molar-refractivity contribution in [2.45, 2.75) is 71.1 Å². The Morgan fingerprint density at radius 2 is 2.08 bits per heavy atom. The van der Waals surface area contributed by atoms with Gasteiger partial charge in [-0.25, -0.2) is 8.78 Å². The molecule has 5 nitrogen and oxygen atoms in total. The van der Waals surface area contributed by atoms with E-state index < -0.39 is 12.3 Å². The Morgan fingerprint density at radius 3 is 2.62 bits per heavy atom. The lowest BCUT2D eigenvalue weighted by atomic mass is 10.0. The van der Waals surface area contributed by atoms with E-state index in [4.69, 9.17) is 4.74 Å². The zero-order chi connectivity index (χ0) is 17.9. The van der Waals surface area contributed by atoms with E-state index in [2.05, 4.69) is 10.4 Å². The Kier molecular flexibility index (Phi) is 6.20. The maximum atomic E-state index is 13.6. The molecule has 0 radical (unpaired) electrons. The molecule has 0 amide bonds. The van der Waals surface area contributed by atoms with Crippen molar-refractivity contribution in [1.29, 1.82) is 0 Å². The predicted octanol–water partition coefficient (Wildman–Crippen LogP) is 3.64. The minimum absolute atomic E-state index is 0.161. The van der Waals surface area contributed by atoms with Crippen molar-refractivity contribution >= 4 is 5.82 Å². The number of rotatable bonds is 10. The summed E-state index contributed by atoms with van der Waals surface area (Å²) in [7, 11) is 1.75. The van der Waals surface area contributed by atoms with Crippen LogP contribution in [0.25, 0.3) is 0 Å². The van der Waals surface area contributed by atoms with Crippen LogP contribution in [0.15, 0.2) is 0 Å². The van der Waals surface area contributed by atoms with E-state index in [1.54, 1.807) is 11.7 Å². The molecule has 0 aromatic carbocycles. The number of hydrogen-bond acceptors (Lipinski definition) is 4. The van der Waals surface area contributed by atoms with Gasteiger partial charge in [0, 0.05) is 25.5 Å². The van der Waals surface area contributed by atoms with Crippen LogP contribution in [0.5, 0.6) is 0 Å². The first-order valence-corrected chi connectivity index (χ1v) is 8.73. The van der Waals surface area contributed by atoms with Gasteiger partial charge < -0.3 is 15.2 Å². The molecule has 0 saturated heterocycles. The van der Waals surface area contributed by atoms with Gasteiger partial charge in [0.1, 0.15) is 5.82 Å². The average molecular weight is 345 g/mol. The summed E-state index contributed by atoms with van der Waals surface area (Å²) < 4.78 is 34.1. The largest absolute Gasteiger partial charge is 0.351 e. The monoisotopic (exact) mass is 345 g/mol. The molecule has 0 bridgehead atoms. The van der Waals surface area contributed by atoms with Crippen molar-refractivity contribution in [3.8, 4) is 0 Å². The van der Waals surface area contributed by atoms with Crippen LogP contribution in [-0.4, -0.2) is 33.8 Å². The summed E-state index contributed by atoms with van der Waals surface area (Å²) in [6, 6.07) is 0. The fraction of sp³-hybridized carbons (Fsp3) is 0.824. The number of aryl methyl sites for hydroxylation is 2. The second-order valence-corrected chi connectivity index (χ2v) is 7.04. The SMILES string of the molecule is CCC(F)(F)CCc1nn(C)c(NC(O)OCC(C)C)c1C1CC1. The van der Waals surface area contributed by atoms with Gasteiger partial charge in [-0.15, -0.1) is 0 Å². The van der Waals surface area contributed by atoms with E-state index in [-0.39, 0.29) is 19.3 Å². The van der Waals surface area contributed by atoms with Gasteiger partial charge in [-0.2, -0.15) is 5.10 Å². The lowest BCUT2D eigenvalue weighted by molar-refractivity contribution is -0.0870. The van der Waals surface area contributed by atoms with Gasteiger partial charge in [0.15, 0.2) is 0 Å². The summed E-state index contributed by atoms with van der Waals surface area (Å²) >= 11 is 0. The van der Waals surface area contributed by atoms with E-state index in [1.807, 2.05) is 13.8 Å². The fourth-order valence-electron chi connectivity index (χ4n) is 2.67. The molecule has 1 aromatic heterocycles. The Bertz CT molecular complexity index is 542. The molecule has 1 unspecified atom stereocenters. The molecule has 7 heteroatoms. The van der Waals surface area contributed by atoms with E-state index in [0.717, 1.165) is 18.4 Å². The van der Waals surface area contributed by atoms with Gasteiger partial charge in [-0.1, -0.05) is 20.8 Å². The summed E-state index contributed by atoms with van der Waals surface area (Å²) in [4.78, 5) is 0. The summed E-state index contributed by atoms with van der Waals surface area (Å²) in [6.45, 7) is 5.92. The molecule has 1 saturated carbocycles. The van der Waals surface area contributed by atoms with Crippen LogP contribution in [0.2, 0.25) is 0 Å². The summed E-state index contributed by atoms with van der Waals surface area (Å²) in [5, 5.41) is 17.4. The number of ether oxygens (including phenoxy) is 1. The highest BCUT2D eigenvalue weighted by atomic mass is 19.3. The number of anilines is 1. The molecular formula is C17H29F2N3O2. The van der Waals surface area contributed by atoms with Crippen LogP contribution >= 0.6 is 0 Å². The molecule has 1 aliphatic carbocycles. The van der Waals surface area contributed by atoms with Crippen LogP contribution in [0.3, 0.4) is 0 Å². The van der Waals surface area contributed by atoms with E-state index in [9.17, 15) is 13.9 Å². The standard InChI is InChI=1S/C17H29F2N3O2/c1-5-17(18,19)9-8-13-14(12-6-7-12)15(22(4)21-13)20-16(23)24-10-11(2)3/h11-12,16,20,23H,5-10H2,1-4H3. The van der Waals surface area contributed by atoms with Gasteiger partial charge in [0.25, 0.3) is 0 Å². The Morgan fingerprint density at radius 1 is 1.42 bits per heavy atom. The van der Waals surface area contributed by atoms with Crippen molar-refractivity contribution in [3.63, 3.8) is 0 Å². The van der Waals surface area contributed by atoms with Crippen molar-refractivity contribution in [1.82, 2.24) is 9.78 Å². The molecule has 1 heterocycles. The lowest BCUT2D eigenvalue weighted by Crippen LogP contribution is -2.26. The topological polar surface area (TPSA) is 59.3 Å². The van der Waals surface area contributed by atoms with E-state index >= 15 is 0 Å².